The smallest absolute Gasteiger partial charge is 0.308 e. The summed E-state index contributed by atoms with van der Waals surface area (Å²) in [5.41, 5.74) is 1.64. The van der Waals surface area contributed by atoms with Crippen molar-refractivity contribution in [1.29, 1.82) is 0 Å². The van der Waals surface area contributed by atoms with Gasteiger partial charge in [-0.15, -0.1) is 10.2 Å². The molecule has 2 aromatic heterocycles. The molecule has 1 aromatic carbocycles. The van der Waals surface area contributed by atoms with Crippen LogP contribution in [0.25, 0.3) is 16.9 Å². The summed E-state index contributed by atoms with van der Waals surface area (Å²) in [6, 6.07) is 6.87. The number of hydrogen-bond donors (Lipinski definition) is 2. The zero-order valence-corrected chi connectivity index (χ0v) is 12.5. The second-order valence-electron chi connectivity index (χ2n) is 5.03. The van der Waals surface area contributed by atoms with Crippen LogP contribution in [0.4, 0.5) is 0 Å². The third-order valence-electron chi connectivity index (χ3n) is 3.56. The molecule has 0 saturated heterocycles. The van der Waals surface area contributed by atoms with Crippen LogP contribution in [0.3, 0.4) is 0 Å². The molecular weight excluding hydrogens is 300 g/mol. The Balaban J connectivity index is 2.15. The van der Waals surface area contributed by atoms with Crippen molar-refractivity contribution in [2.75, 3.05) is 7.11 Å². The third kappa shape index (κ3) is 2.54. The van der Waals surface area contributed by atoms with E-state index in [4.69, 9.17) is 9.84 Å². The van der Waals surface area contributed by atoms with Gasteiger partial charge in [-0.2, -0.15) is 4.52 Å². The normalized spacial score (nSPS) is 10.9. The van der Waals surface area contributed by atoms with Gasteiger partial charge in [-0.05, 0) is 31.2 Å². The van der Waals surface area contributed by atoms with Crippen molar-refractivity contribution in [3.05, 3.63) is 45.9 Å². The van der Waals surface area contributed by atoms with E-state index in [9.17, 15) is 9.59 Å². The number of carbonyl (C=O) groups is 1. The Bertz CT molecular complexity index is 941. The minimum absolute atomic E-state index is 0.174. The average molecular weight is 314 g/mol. The highest BCUT2D eigenvalue weighted by atomic mass is 16.5. The first-order valence-corrected chi connectivity index (χ1v) is 6.84. The average Bonchev–Trinajstić information content (AvgIpc) is 2.85. The molecule has 0 bridgehead atoms. The van der Waals surface area contributed by atoms with Gasteiger partial charge in [-0.25, -0.2) is 0 Å². The molecule has 0 saturated carbocycles. The number of aromatic nitrogens is 4. The number of aromatic amines is 1. The lowest BCUT2D eigenvalue weighted by Gasteiger charge is -2.02. The standard InChI is InChI=1S/C15H14N4O4/c1-8-11(7-12(20)21)14-17-16-13(15(22)19(14)18-8)9-3-5-10(23-2)6-4-9/h3-6,18H,7H2,1-2H3,(H,20,21). The van der Waals surface area contributed by atoms with Gasteiger partial charge in [0.2, 0.25) is 0 Å². The first kappa shape index (κ1) is 14.8. The quantitative estimate of drug-likeness (QED) is 0.744. The summed E-state index contributed by atoms with van der Waals surface area (Å²) in [4.78, 5) is 23.5. The van der Waals surface area contributed by atoms with Crippen LogP contribution in [0.15, 0.2) is 29.1 Å². The van der Waals surface area contributed by atoms with Gasteiger partial charge in [0, 0.05) is 16.8 Å². The Kier molecular flexibility index (Phi) is 3.57. The number of benzene rings is 1. The molecule has 0 radical (unpaired) electrons. The maximum atomic E-state index is 12.6. The largest absolute Gasteiger partial charge is 0.497 e. The van der Waals surface area contributed by atoms with Crippen LogP contribution in [0.5, 0.6) is 5.75 Å². The number of nitrogens with zero attached hydrogens (tertiary/aromatic N) is 3. The molecule has 0 amide bonds. The van der Waals surface area contributed by atoms with Crippen LogP contribution in [-0.4, -0.2) is 38.0 Å². The zero-order chi connectivity index (χ0) is 16.6. The summed E-state index contributed by atoms with van der Waals surface area (Å²) < 4.78 is 6.30. The Morgan fingerprint density at radius 3 is 2.61 bits per heavy atom. The van der Waals surface area contributed by atoms with Gasteiger partial charge in [0.1, 0.15) is 5.75 Å². The van der Waals surface area contributed by atoms with Gasteiger partial charge in [-0.3, -0.25) is 14.7 Å². The van der Waals surface area contributed by atoms with Gasteiger partial charge in [0.05, 0.1) is 13.5 Å². The second kappa shape index (κ2) is 5.56. The summed E-state index contributed by atoms with van der Waals surface area (Å²) in [7, 11) is 1.56. The van der Waals surface area contributed by atoms with Gasteiger partial charge in [0.25, 0.3) is 5.56 Å². The second-order valence-corrected chi connectivity index (χ2v) is 5.03. The minimum Gasteiger partial charge on any atom is -0.497 e. The Morgan fingerprint density at radius 1 is 1.30 bits per heavy atom. The number of nitrogens with one attached hydrogen (secondary N) is 1. The lowest BCUT2D eigenvalue weighted by molar-refractivity contribution is -0.136. The minimum atomic E-state index is -0.997. The predicted molar refractivity (Wildman–Crippen MR) is 81.7 cm³/mol. The van der Waals surface area contributed by atoms with E-state index in [1.165, 1.54) is 4.52 Å². The van der Waals surface area contributed by atoms with Gasteiger partial charge in [0.15, 0.2) is 11.3 Å². The summed E-state index contributed by atoms with van der Waals surface area (Å²) in [5, 5.41) is 19.8. The molecule has 0 aliphatic carbocycles. The van der Waals surface area contributed by atoms with Crippen molar-refractivity contribution >= 4 is 11.6 Å². The molecule has 2 N–H and O–H groups in total. The third-order valence-corrected chi connectivity index (χ3v) is 3.56. The molecule has 3 rings (SSSR count). The summed E-state index contributed by atoms with van der Waals surface area (Å²) in [6.07, 6.45) is -0.227. The number of hydrogen-bond acceptors (Lipinski definition) is 5. The lowest BCUT2D eigenvalue weighted by Crippen LogP contribution is -2.19. The van der Waals surface area contributed by atoms with E-state index in [0.717, 1.165) is 0 Å². The number of carboxylic acids is 1. The molecule has 0 aliphatic heterocycles. The molecule has 0 spiro atoms. The van der Waals surface area contributed by atoms with Crippen LogP contribution in [0, 0.1) is 6.92 Å². The Hall–Kier alpha value is -3.16. The number of fused-ring (bicyclic) bond motifs is 1. The Morgan fingerprint density at radius 2 is 2.00 bits per heavy atom. The van der Waals surface area contributed by atoms with E-state index in [0.29, 0.717) is 22.6 Å². The topological polar surface area (TPSA) is 110 Å². The maximum Gasteiger partial charge on any atom is 0.308 e. The lowest BCUT2D eigenvalue weighted by atomic mass is 10.1. The van der Waals surface area contributed by atoms with E-state index in [1.54, 1.807) is 38.3 Å². The van der Waals surface area contributed by atoms with E-state index in [1.807, 2.05) is 0 Å². The fraction of sp³-hybridized carbons (Fsp3) is 0.200. The number of H-pyrrole nitrogens is 1. The first-order chi connectivity index (χ1) is 11.0. The molecule has 8 nitrogen and oxygen atoms in total. The van der Waals surface area contributed by atoms with Crippen LogP contribution >= 0.6 is 0 Å². The molecule has 23 heavy (non-hydrogen) atoms. The molecule has 0 fully saturated rings. The molecule has 0 atom stereocenters. The fourth-order valence-electron chi connectivity index (χ4n) is 2.38. The number of aryl methyl sites for hydroxylation is 1. The molecule has 2 heterocycles. The van der Waals surface area contributed by atoms with Crippen LogP contribution in [0.1, 0.15) is 11.3 Å². The summed E-state index contributed by atoms with van der Waals surface area (Å²) in [5.74, 6) is -0.328. The molecule has 0 unspecified atom stereocenters. The monoisotopic (exact) mass is 314 g/mol. The summed E-state index contributed by atoms with van der Waals surface area (Å²) >= 11 is 0. The highest BCUT2D eigenvalue weighted by Crippen LogP contribution is 2.19. The molecule has 118 valence electrons. The zero-order valence-electron chi connectivity index (χ0n) is 12.5. The van der Waals surface area contributed by atoms with Crippen LogP contribution in [-0.2, 0) is 11.2 Å². The van der Waals surface area contributed by atoms with Crippen LogP contribution in [0.2, 0.25) is 0 Å². The van der Waals surface area contributed by atoms with Gasteiger partial charge in [-0.1, -0.05) is 0 Å². The van der Waals surface area contributed by atoms with Crippen molar-refractivity contribution in [3.63, 3.8) is 0 Å². The molecular formula is C15H14N4O4. The number of methoxy groups -OCH3 is 1. The maximum absolute atomic E-state index is 12.6. The molecule has 8 heteroatoms. The van der Waals surface area contributed by atoms with E-state index >= 15 is 0 Å². The van der Waals surface area contributed by atoms with Crippen molar-refractivity contribution in [1.82, 2.24) is 19.8 Å². The molecule has 0 aliphatic rings. The van der Waals surface area contributed by atoms with E-state index in [-0.39, 0.29) is 23.3 Å². The van der Waals surface area contributed by atoms with Crippen molar-refractivity contribution in [2.24, 2.45) is 0 Å². The first-order valence-electron chi connectivity index (χ1n) is 6.84. The van der Waals surface area contributed by atoms with Crippen molar-refractivity contribution in [2.45, 2.75) is 13.3 Å². The number of ether oxygens (including phenoxy) is 1. The van der Waals surface area contributed by atoms with Gasteiger partial charge < -0.3 is 9.84 Å². The van der Waals surface area contributed by atoms with Gasteiger partial charge >= 0.3 is 5.97 Å². The number of rotatable bonds is 4. The van der Waals surface area contributed by atoms with Crippen molar-refractivity contribution in [3.8, 4) is 17.0 Å². The number of aliphatic carboxylic acids is 1. The van der Waals surface area contributed by atoms with E-state index in [2.05, 4.69) is 15.3 Å². The highest BCUT2D eigenvalue weighted by Gasteiger charge is 2.17. The number of carboxylic acid groups (broad SMARTS) is 1. The highest BCUT2D eigenvalue weighted by molar-refractivity contribution is 5.74. The van der Waals surface area contributed by atoms with E-state index < -0.39 is 5.97 Å². The molecule has 3 aromatic rings. The Labute approximate surface area is 130 Å². The summed E-state index contributed by atoms with van der Waals surface area (Å²) in [6.45, 7) is 1.69. The fourth-order valence-corrected chi connectivity index (χ4v) is 2.38. The van der Waals surface area contributed by atoms with Crippen LogP contribution < -0.4 is 10.3 Å². The predicted octanol–water partition coefficient (Wildman–Crippen LogP) is 1.03. The van der Waals surface area contributed by atoms with Crippen molar-refractivity contribution < 1.29 is 14.6 Å². The SMILES string of the molecule is COc1ccc(-c2nnc3c(CC(=O)O)c(C)[nH]n3c2=O)cc1.